The Morgan fingerprint density at radius 2 is 2.06 bits per heavy atom. The standard InChI is InChI=1S/C12H14ClN3O/c13-9-3-1-2-8-10(9)15-12(17)11(8)16-6-4-14-5-7-16/h1-3,11,14H,4-7H2,(H,15,17). The molecule has 2 aliphatic heterocycles. The molecule has 1 fully saturated rings. The predicted molar refractivity (Wildman–Crippen MR) is 67.3 cm³/mol. The second-order valence-electron chi connectivity index (χ2n) is 4.38. The molecule has 1 aromatic rings. The van der Waals surface area contributed by atoms with Crippen LogP contribution >= 0.6 is 11.6 Å². The van der Waals surface area contributed by atoms with Crippen LogP contribution in [0.25, 0.3) is 0 Å². The van der Waals surface area contributed by atoms with Crippen LogP contribution in [-0.2, 0) is 4.79 Å². The number of hydrogen-bond acceptors (Lipinski definition) is 3. The van der Waals surface area contributed by atoms with Crippen molar-refractivity contribution in [2.75, 3.05) is 31.5 Å². The zero-order chi connectivity index (χ0) is 11.8. The van der Waals surface area contributed by atoms with Gasteiger partial charge in [0.15, 0.2) is 0 Å². The van der Waals surface area contributed by atoms with E-state index in [2.05, 4.69) is 15.5 Å². The van der Waals surface area contributed by atoms with E-state index in [1.54, 1.807) is 6.07 Å². The lowest BCUT2D eigenvalue weighted by atomic mass is 10.1. The van der Waals surface area contributed by atoms with Crippen LogP contribution in [-0.4, -0.2) is 37.0 Å². The molecule has 2 aliphatic rings. The summed E-state index contributed by atoms with van der Waals surface area (Å²) in [6.45, 7) is 3.65. The number of para-hydroxylation sites is 1. The Hall–Kier alpha value is -1.10. The molecule has 0 bridgehead atoms. The smallest absolute Gasteiger partial charge is 0.246 e. The number of rotatable bonds is 1. The molecular formula is C12H14ClN3O. The number of anilines is 1. The Kier molecular flexibility index (Phi) is 2.78. The number of nitrogens with zero attached hydrogens (tertiary/aromatic N) is 1. The molecule has 4 nitrogen and oxygen atoms in total. The van der Waals surface area contributed by atoms with Crippen LogP contribution in [0, 0.1) is 0 Å². The summed E-state index contributed by atoms with van der Waals surface area (Å²) in [7, 11) is 0. The molecule has 0 aromatic heterocycles. The van der Waals surface area contributed by atoms with Crippen LogP contribution in [0.2, 0.25) is 5.02 Å². The quantitative estimate of drug-likeness (QED) is 0.789. The van der Waals surface area contributed by atoms with Crippen molar-refractivity contribution in [1.82, 2.24) is 10.2 Å². The first-order valence-electron chi connectivity index (χ1n) is 5.81. The van der Waals surface area contributed by atoms with E-state index < -0.39 is 0 Å². The van der Waals surface area contributed by atoms with E-state index in [9.17, 15) is 4.79 Å². The predicted octanol–water partition coefficient (Wildman–Crippen LogP) is 1.24. The molecule has 3 rings (SSSR count). The van der Waals surface area contributed by atoms with Gasteiger partial charge in [0, 0.05) is 31.7 Å². The molecule has 1 amide bonds. The summed E-state index contributed by atoms with van der Waals surface area (Å²) in [6, 6.07) is 5.51. The molecule has 2 N–H and O–H groups in total. The van der Waals surface area contributed by atoms with Gasteiger partial charge in [-0.25, -0.2) is 0 Å². The highest BCUT2D eigenvalue weighted by Gasteiger charge is 2.36. The third-order valence-corrected chi connectivity index (χ3v) is 3.67. The van der Waals surface area contributed by atoms with E-state index in [0.717, 1.165) is 37.4 Å². The van der Waals surface area contributed by atoms with Gasteiger partial charge in [-0.3, -0.25) is 9.69 Å². The summed E-state index contributed by atoms with van der Waals surface area (Å²) in [5, 5.41) is 6.79. The lowest BCUT2D eigenvalue weighted by molar-refractivity contribution is -0.121. The molecule has 1 aromatic carbocycles. The lowest BCUT2D eigenvalue weighted by Crippen LogP contribution is -2.46. The number of halogens is 1. The molecule has 2 heterocycles. The second-order valence-corrected chi connectivity index (χ2v) is 4.79. The summed E-state index contributed by atoms with van der Waals surface area (Å²) >= 11 is 6.09. The molecule has 0 saturated carbocycles. The monoisotopic (exact) mass is 251 g/mol. The van der Waals surface area contributed by atoms with E-state index in [1.165, 1.54) is 0 Å². The Morgan fingerprint density at radius 3 is 2.82 bits per heavy atom. The highest BCUT2D eigenvalue weighted by atomic mass is 35.5. The number of nitrogens with one attached hydrogen (secondary N) is 2. The first kappa shape index (κ1) is 11.0. The SMILES string of the molecule is O=C1Nc2c(Cl)cccc2C1N1CCNCC1. The van der Waals surface area contributed by atoms with Crippen molar-refractivity contribution in [3.8, 4) is 0 Å². The number of benzene rings is 1. The molecule has 0 aliphatic carbocycles. The topological polar surface area (TPSA) is 44.4 Å². The van der Waals surface area contributed by atoms with Crippen molar-refractivity contribution >= 4 is 23.2 Å². The van der Waals surface area contributed by atoms with Gasteiger partial charge in [-0.2, -0.15) is 0 Å². The summed E-state index contributed by atoms with van der Waals surface area (Å²) in [6.07, 6.45) is 0. The Labute approximate surface area is 105 Å². The fourth-order valence-corrected chi connectivity index (χ4v) is 2.77. The van der Waals surface area contributed by atoms with Crippen molar-refractivity contribution in [1.29, 1.82) is 0 Å². The van der Waals surface area contributed by atoms with Crippen LogP contribution in [0.15, 0.2) is 18.2 Å². The number of piperazine rings is 1. The van der Waals surface area contributed by atoms with Crippen LogP contribution < -0.4 is 10.6 Å². The third kappa shape index (κ3) is 1.82. The van der Waals surface area contributed by atoms with E-state index in [-0.39, 0.29) is 11.9 Å². The van der Waals surface area contributed by atoms with Gasteiger partial charge in [0.1, 0.15) is 6.04 Å². The average molecular weight is 252 g/mol. The van der Waals surface area contributed by atoms with E-state index >= 15 is 0 Å². The largest absolute Gasteiger partial charge is 0.323 e. The third-order valence-electron chi connectivity index (χ3n) is 3.35. The minimum absolute atomic E-state index is 0.0370. The normalized spacial score (nSPS) is 24.5. The van der Waals surface area contributed by atoms with Gasteiger partial charge in [-0.1, -0.05) is 23.7 Å². The Morgan fingerprint density at radius 1 is 1.29 bits per heavy atom. The maximum absolute atomic E-state index is 12.1. The molecule has 1 saturated heterocycles. The fraction of sp³-hybridized carbons (Fsp3) is 0.417. The molecule has 17 heavy (non-hydrogen) atoms. The lowest BCUT2D eigenvalue weighted by Gasteiger charge is -2.31. The molecule has 5 heteroatoms. The van der Waals surface area contributed by atoms with Gasteiger partial charge >= 0.3 is 0 Å². The van der Waals surface area contributed by atoms with Crippen LogP contribution in [0.4, 0.5) is 5.69 Å². The average Bonchev–Trinajstić information content (AvgIpc) is 2.68. The van der Waals surface area contributed by atoms with Crippen LogP contribution in [0.5, 0.6) is 0 Å². The molecule has 0 radical (unpaired) electrons. The summed E-state index contributed by atoms with van der Waals surface area (Å²) < 4.78 is 0. The number of fused-ring (bicyclic) bond motifs is 1. The zero-order valence-electron chi connectivity index (χ0n) is 9.37. The number of carbonyl (C=O) groups excluding carboxylic acids is 1. The summed E-state index contributed by atoms with van der Waals surface area (Å²) in [4.78, 5) is 14.3. The van der Waals surface area contributed by atoms with Gasteiger partial charge in [0.25, 0.3) is 0 Å². The first-order valence-corrected chi connectivity index (χ1v) is 6.19. The Balaban J connectivity index is 1.96. The van der Waals surface area contributed by atoms with Crippen LogP contribution in [0.1, 0.15) is 11.6 Å². The van der Waals surface area contributed by atoms with Gasteiger partial charge in [-0.15, -0.1) is 0 Å². The van der Waals surface area contributed by atoms with Crippen molar-refractivity contribution < 1.29 is 4.79 Å². The molecule has 90 valence electrons. The highest BCUT2D eigenvalue weighted by Crippen LogP contribution is 2.39. The zero-order valence-corrected chi connectivity index (χ0v) is 10.1. The van der Waals surface area contributed by atoms with Gasteiger partial charge < -0.3 is 10.6 Å². The minimum atomic E-state index is -0.175. The second kappa shape index (κ2) is 4.29. The summed E-state index contributed by atoms with van der Waals surface area (Å²) in [5.74, 6) is 0.0370. The number of carbonyl (C=O) groups is 1. The van der Waals surface area contributed by atoms with E-state index in [4.69, 9.17) is 11.6 Å². The maximum Gasteiger partial charge on any atom is 0.246 e. The maximum atomic E-state index is 12.1. The number of hydrogen-bond donors (Lipinski definition) is 2. The van der Waals surface area contributed by atoms with Crippen molar-refractivity contribution in [2.24, 2.45) is 0 Å². The minimum Gasteiger partial charge on any atom is -0.323 e. The highest BCUT2D eigenvalue weighted by molar-refractivity contribution is 6.34. The van der Waals surface area contributed by atoms with Gasteiger partial charge in [0.2, 0.25) is 5.91 Å². The number of amides is 1. The van der Waals surface area contributed by atoms with Crippen molar-refractivity contribution in [3.05, 3.63) is 28.8 Å². The van der Waals surface area contributed by atoms with Gasteiger partial charge in [0.05, 0.1) is 10.7 Å². The fourth-order valence-electron chi connectivity index (χ4n) is 2.54. The molecule has 1 unspecified atom stereocenters. The van der Waals surface area contributed by atoms with Crippen molar-refractivity contribution in [2.45, 2.75) is 6.04 Å². The van der Waals surface area contributed by atoms with Crippen molar-refractivity contribution in [3.63, 3.8) is 0 Å². The van der Waals surface area contributed by atoms with E-state index in [0.29, 0.717) is 5.02 Å². The molecule has 0 spiro atoms. The van der Waals surface area contributed by atoms with E-state index in [1.807, 2.05) is 12.1 Å². The van der Waals surface area contributed by atoms with Gasteiger partial charge in [-0.05, 0) is 6.07 Å². The molecular weight excluding hydrogens is 238 g/mol. The first-order chi connectivity index (χ1) is 8.27. The Bertz CT molecular complexity index is 457. The molecule has 1 atom stereocenters. The van der Waals surface area contributed by atoms with Crippen LogP contribution in [0.3, 0.4) is 0 Å². The summed E-state index contributed by atoms with van der Waals surface area (Å²) in [5.41, 5.74) is 1.78.